The first-order valence-electron chi connectivity index (χ1n) is 8.24. The third-order valence-corrected chi connectivity index (χ3v) is 6.05. The summed E-state index contributed by atoms with van der Waals surface area (Å²) in [7, 11) is -1.48. The van der Waals surface area contributed by atoms with E-state index in [9.17, 15) is 4.39 Å². The van der Waals surface area contributed by atoms with Gasteiger partial charge in [-0.15, -0.1) is 0 Å². The van der Waals surface area contributed by atoms with Crippen LogP contribution in [0.4, 0.5) is 4.39 Å². The molecule has 2 aromatic rings. The summed E-state index contributed by atoms with van der Waals surface area (Å²) in [5, 5.41) is 1.38. The van der Waals surface area contributed by atoms with Gasteiger partial charge >= 0.3 is 0 Å². The molecule has 0 atom stereocenters. The largest absolute Gasteiger partial charge is 0.256 e. The highest BCUT2D eigenvalue weighted by Crippen LogP contribution is 2.27. The van der Waals surface area contributed by atoms with Gasteiger partial charge in [-0.2, -0.15) is 0 Å². The minimum Gasteiger partial charge on any atom is -0.256 e. The van der Waals surface area contributed by atoms with Gasteiger partial charge in [-0.1, -0.05) is 52.5 Å². The molecule has 0 bridgehead atoms. The quantitative estimate of drug-likeness (QED) is 0.694. The van der Waals surface area contributed by atoms with Gasteiger partial charge in [-0.25, -0.2) is 4.39 Å². The van der Waals surface area contributed by atoms with Gasteiger partial charge in [0.05, 0.1) is 13.8 Å². The Balaban J connectivity index is 2.60. The summed E-state index contributed by atoms with van der Waals surface area (Å²) in [5.41, 5.74) is 3.52. The first kappa shape index (κ1) is 17.9. The van der Waals surface area contributed by atoms with Crippen LogP contribution in [0.1, 0.15) is 31.9 Å². The summed E-state index contributed by atoms with van der Waals surface area (Å²) < 4.78 is 14.5. The van der Waals surface area contributed by atoms with Crippen molar-refractivity contribution in [1.29, 1.82) is 0 Å². The van der Waals surface area contributed by atoms with Gasteiger partial charge in [0.2, 0.25) is 0 Å². The monoisotopic (exact) mass is 329 g/mol. The molecule has 1 aromatic carbocycles. The van der Waals surface area contributed by atoms with Crippen LogP contribution >= 0.6 is 0 Å². The van der Waals surface area contributed by atoms with Crippen LogP contribution in [-0.2, 0) is 6.42 Å². The normalized spacial score (nSPS) is 12.5. The molecule has 2 rings (SSSR count). The maximum atomic E-state index is 14.5. The molecule has 0 N–H and O–H groups in total. The van der Waals surface area contributed by atoms with E-state index in [-0.39, 0.29) is 11.2 Å². The lowest BCUT2D eigenvalue weighted by Crippen LogP contribution is -2.41. The van der Waals surface area contributed by atoms with Gasteiger partial charge in [0.15, 0.2) is 0 Å². The fourth-order valence-electron chi connectivity index (χ4n) is 2.88. The molecule has 0 fully saturated rings. The van der Waals surface area contributed by atoms with Gasteiger partial charge in [0.1, 0.15) is 5.82 Å². The molecule has 0 radical (unpaired) electrons. The van der Waals surface area contributed by atoms with E-state index >= 15 is 0 Å². The second-order valence-corrected chi connectivity index (χ2v) is 13.7. The molecule has 124 valence electrons. The van der Waals surface area contributed by atoms with Crippen LogP contribution in [0.2, 0.25) is 19.6 Å². The van der Waals surface area contributed by atoms with Crippen molar-refractivity contribution < 1.29 is 4.39 Å². The van der Waals surface area contributed by atoms with Crippen LogP contribution in [0, 0.1) is 18.2 Å². The molecule has 1 aromatic heterocycles. The summed E-state index contributed by atoms with van der Waals surface area (Å²) >= 11 is 0. The maximum Gasteiger partial charge on any atom is 0.135 e. The predicted octanol–water partition coefficient (Wildman–Crippen LogP) is 5.33. The number of halogens is 1. The van der Waals surface area contributed by atoms with Gasteiger partial charge in [0.25, 0.3) is 0 Å². The Labute approximate surface area is 141 Å². The highest BCUT2D eigenvalue weighted by molar-refractivity contribution is 6.89. The summed E-state index contributed by atoms with van der Waals surface area (Å²) in [6.07, 6.45) is 2.97. The number of hydrogen-bond donors (Lipinski definition) is 0. The highest BCUT2D eigenvalue weighted by Gasteiger charge is 2.24. The number of aryl methyl sites for hydroxylation is 1. The summed E-state index contributed by atoms with van der Waals surface area (Å²) in [5.74, 6) is -0.164. The molecule has 0 aliphatic heterocycles. The van der Waals surface area contributed by atoms with Crippen molar-refractivity contribution in [2.75, 3.05) is 0 Å². The molecular formula is C20H28FNSi. The zero-order valence-corrected chi connectivity index (χ0v) is 16.4. The van der Waals surface area contributed by atoms with E-state index in [0.717, 1.165) is 12.1 Å². The Morgan fingerprint density at radius 3 is 2.35 bits per heavy atom. The molecule has 1 heterocycles. The van der Waals surface area contributed by atoms with Crippen molar-refractivity contribution >= 4 is 13.3 Å². The third-order valence-electron chi connectivity index (χ3n) is 3.99. The van der Waals surface area contributed by atoms with Gasteiger partial charge in [-0.05, 0) is 47.2 Å². The van der Waals surface area contributed by atoms with E-state index in [2.05, 4.69) is 51.5 Å². The third kappa shape index (κ3) is 4.29. The van der Waals surface area contributed by atoms with Crippen LogP contribution in [0.25, 0.3) is 11.3 Å². The summed E-state index contributed by atoms with van der Waals surface area (Å²) in [6, 6.07) is 7.62. The Morgan fingerprint density at radius 2 is 1.78 bits per heavy atom. The molecule has 0 saturated heterocycles. The van der Waals surface area contributed by atoms with Crippen molar-refractivity contribution in [3.8, 4) is 11.3 Å². The smallest absolute Gasteiger partial charge is 0.135 e. The molecule has 3 heteroatoms. The van der Waals surface area contributed by atoms with E-state index in [0.29, 0.717) is 11.1 Å². The molecule has 0 amide bonds. The van der Waals surface area contributed by atoms with Gasteiger partial charge in [-0.3, -0.25) is 4.98 Å². The summed E-state index contributed by atoms with van der Waals surface area (Å²) in [4.78, 5) is 4.60. The number of aromatic nitrogens is 1. The number of hydrogen-bond acceptors (Lipinski definition) is 1. The van der Waals surface area contributed by atoms with Crippen molar-refractivity contribution in [2.45, 2.75) is 53.8 Å². The molecule has 0 aliphatic carbocycles. The van der Waals surface area contributed by atoms with Crippen LogP contribution in [-0.4, -0.2) is 13.1 Å². The maximum absolute atomic E-state index is 14.5. The highest BCUT2D eigenvalue weighted by atomic mass is 28.3. The van der Waals surface area contributed by atoms with Crippen LogP contribution in [0.15, 0.2) is 30.5 Å². The topological polar surface area (TPSA) is 12.9 Å². The van der Waals surface area contributed by atoms with Gasteiger partial charge < -0.3 is 0 Å². The average molecular weight is 330 g/mol. The van der Waals surface area contributed by atoms with E-state index in [1.165, 1.54) is 10.8 Å². The van der Waals surface area contributed by atoms with Crippen LogP contribution < -0.4 is 5.19 Å². The lowest BCUT2D eigenvalue weighted by atomic mass is 9.88. The van der Waals surface area contributed by atoms with E-state index in [1.54, 1.807) is 13.0 Å². The minimum atomic E-state index is -1.48. The van der Waals surface area contributed by atoms with E-state index in [1.807, 2.05) is 18.3 Å². The lowest BCUT2D eigenvalue weighted by molar-refractivity contribution is 0.412. The molecule has 1 nitrogen and oxygen atoms in total. The predicted molar refractivity (Wildman–Crippen MR) is 101 cm³/mol. The Morgan fingerprint density at radius 1 is 1.13 bits per heavy atom. The van der Waals surface area contributed by atoms with E-state index < -0.39 is 8.07 Å². The van der Waals surface area contributed by atoms with Crippen LogP contribution in [0.3, 0.4) is 0 Å². The van der Waals surface area contributed by atoms with Gasteiger partial charge in [0, 0.05) is 11.8 Å². The Hall–Kier alpha value is -1.48. The number of nitrogens with zero attached hydrogens (tertiary/aromatic N) is 1. The molecule has 0 unspecified atom stereocenters. The van der Waals surface area contributed by atoms with Crippen molar-refractivity contribution in [2.24, 2.45) is 5.41 Å². The Bertz CT molecular complexity index is 709. The van der Waals surface area contributed by atoms with Crippen molar-refractivity contribution in [3.63, 3.8) is 0 Å². The number of pyridine rings is 1. The van der Waals surface area contributed by atoms with Crippen LogP contribution in [0.5, 0.6) is 0 Å². The molecule has 0 aliphatic rings. The molecule has 0 saturated carbocycles. The number of rotatable bonds is 3. The SMILES string of the molecule is Cc1cccc(-c2cc(CC(C)(C)C)c([Si](C)(C)C)cn2)c1F. The zero-order chi connectivity index (χ0) is 17.4. The standard InChI is InChI=1S/C20H28FNSi/c1-14-9-8-10-16(19(14)21)17-11-15(12-20(2,3)4)18(13-22-17)23(5,6)7/h8-11,13H,12H2,1-7H3. The first-order valence-corrected chi connectivity index (χ1v) is 11.7. The molecule has 23 heavy (non-hydrogen) atoms. The second kappa shape index (κ2) is 6.20. The zero-order valence-electron chi connectivity index (χ0n) is 15.4. The second-order valence-electron chi connectivity index (χ2n) is 8.65. The van der Waals surface area contributed by atoms with Crippen molar-refractivity contribution in [1.82, 2.24) is 4.98 Å². The lowest BCUT2D eigenvalue weighted by Gasteiger charge is -2.26. The van der Waals surface area contributed by atoms with E-state index in [4.69, 9.17) is 0 Å². The van der Waals surface area contributed by atoms with Crippen molar-refractivity contribution in [3.05, 3.63) is 47.4 Å². The fraction of sp³-hybridized carbons (Fsp3) is 0.450. The Kier molecular flexibility index (Phi) is 4.81. The minimum absolute atomic E-state index is 0.164. The number of benzene rings is 1. The fourth-order valence-corrected chi connectivity index (χ4v) is 4.46. The summed E-state index contributed by atoms with van der Waals surface area (Å²) in [6.45, 7) is 15.5. The average Bonchev–Trinajstić information content (AvgIpc) is 2.38. The molecule has 0 spiro atoms. The first-order chi connectivity index (χ1) is 10.5. The molecular weight excluding hydrogens is 301 g/mol.